The number of nitrogens with zero attached hydrogens (tertiary/aromatic N) is 3. The van der Waals surface area contributed by atoms with Crippen LogP contribution in [0.2, 0.25) is 0 Å². The summed E-state index contributed by atoms with van der Waals surface area (Å²) in [5.41, 5.74) is 5.07. The third-order valence-corrected chi connectivity index (χ3v) is 6.11. The van der Waals surface area contributed by atoms with E-state index in [0.29, 0.717) is 12.2 Å². The summed E-state index contributed by atoms with van der Waals surface area (Å²) in [7, 11) is 1.66. The molecule has 2 aromatic carbocycles. The number of nitriles is 1. The van der Waals surface area contributed by atoms with E-state index < -0.39 is 0 Å². The summed E-state index contributed by atoms with van der Waals surface area (Å²) in [5.74, 6) is -0.0408. The lowest BCUT2D eigenvalue weighted by molar-refractivity contribution is 0.0288. The third kappa shape index (κ3) is 4.48. The molecule has 6 heteroatoms. The van der Waals surface area contributed by atoms with Crippen LogP contribution in [0.15, 0.2) is 42.5 Å². The van der Waals surface area contributed by atoms with Crippen LogP contribution in [0.1, 0.15) is 39.6 Å². The lowest BCUT2D eigenvalue weighted by Crippen LogP contribution is -2.46. The number of hydrogen-bond acceptors (Lipinski definition) is 5. The second-order valence-corrected chi connectivity index (χ2v) is 7.88. The van der Waals surface area contributed by atoms with Crippen LogP contribution < -0.4 is 10.2 Å². The third-order valence-electron chi connectivity index (χ3n) is 6.11. The van der Waals surface area contributed by atoms with E-state index in [0.717, 1.165) is 51.1 Å². The highest BCUT2D eigenvalue weighted by molar-refractivity contribution is 5.94. The molecule has 0 saturated carbocycles. The van der Waals surface area contributed by atoms with Gasteiger partial charge in [-0.15, -0.1) is 0 Å². The van der Waals surface area contributed by atoms with E-state index in [2.05, 4.69) is 27.3 Å². The number of anilines is 1. The first-order valence-corrected chi connectivity index (χ1v) is 10.6. The highest BCUT2D eigenvalue weighted by Gasteiger charge is 2.24. The molecule has 0 aromatic heterocycles. The van der Waals surface area contributed by atoms with Crippen LogP contribution in [0, 0.1) is 11.3 Å². The largest absolute Gasteiger partial charge is 0.373 e. The first kappa shape index (κ1) is 20.4. The van der Waals surface area contributed by atoms with Gasteiger partial charge in [-0.25, -0.2) is 0 Å². The predicted molar refractivity (Wildman–Crippen MR) is 117 cm³/mol. The summed E-state index contributed by atoms with van der Waals surface area (Å²) < 4.78 is 6.07. The number of nitrogens with one attached hydrogen (secondary N) is 1. The summed E-state index contributed by atoms with van der Waals surface area (Å²) >= 11 is 0. The second kappa shape index (κ2) is 9.29. The topological polar surface area (TPSA) is 68.6 Å². The number of benzene rings is 2. The second-order valence-electron chi connectivity index (χ2n) is 7.88. The average Bonchev–Trinajstić information content (AvgIpc) is 2.82. The molecule has 0 aliphatic carbocycles. The normalized spacial score (nSPS) is 19.1. The van der Waals surface area contributed by atoms with Crippen LogP contribution >= 0.6 is 0 Å². The van der Waals surface area contributed by atoms with Crippen LogP contribution in [-0.4, -0.2) is 57.2 Å². The Bertz CT molecular complexity index is 927. The smallest absolute Gasteiger partial charge is 0.251 e. The Labute approximate surface area is 178 Å². The summed E-state index contributed by atoms with van der Waals surface area (Å²) in [6, 6.07) is 16.0. The van der Waals surface area contributed by atoms with Gasteiger partial charge in [-0.1, -0.05) is 6.07 Å². The van der Waals surface area contributed by atoms with Crippen molar-refractivity contribution < 1.29 is 9.53 Å². The van der Waals surface area contributed by atoms with Gasteiger partial charge in [0.25, 0.3) is 5.91 Å². The van der Waals surface area contributed by atoms with Crippen LogP contribution in [0.4, 0.5) is 5.69 Å². The minimum Gasteiger partial charge on any atom is -0.373 e. The van der Waals surface area contributed by atoms with Crippen molar-refractivity contribution in [1.82, 2.24) is 10.2 Å². The molecule has 0 unspecified atom stereocenters. The number of carbonyl (C=O) groups excluding carboxylic acids is 1. The molecule has 1 amide bonds. The minimum absolute atomic E-state index is 0.0408. The van der Waals surface area contributed by atoms with Gasteiger partial charge in [0.15, 0.2) is 0 Å². The van der Waals surface area contributed by atoms with Gasteiger partial charge >= 0.3 is 0 Å². The molecule has 30 heavy (non-hydrogen) atoms. The van der Waals surface area contributed by atoms with Gasteiger partial charge in [-0.05, 0) is 60.4 Å². The maximum atomic E-state index is 11.9. The monoisotopic (exact) mass is 404 g/mol. The molecule has 2 heterocycles. The molecule has 2 aliphatic heterocycles. The molecule has 2 aliphatic rings. The zero-order chi connectivity index (χ0) is 20.9. The Kier molecular flexibility index (Phi) is 6.32. The molecule has 1 atom stereocenters. The lowest BCUT2D eigenvalue weighted by atomic mass is 9.93. The lowest BCUT2D eigenvalue weighted by Gasteiger charge is -2.37. The zero-order valence-corrected chi connectivity index (χ0v) is 17.4. The Morgan fingerprint density at radius 3 is 2.63 bits per heavy atom. The maximum Gasteiger partial charge on any atom is 0.251 e. The number of amides is 1. The molecule has 0 radical (unpaired) electrons. The first-order valence-electron chi connectivity index (χ1n) is 10.6. The van der Waals surface area contributed by atoms with E-state index in [1.807, 2.05) is 36.4 Å². The summed E-state index contributed by atoms with van der Waals surface area (Å²) in [6.07, 6.45) is 1.92. The molecular weight excluding hydrogens is 376 g/mol. The van der Waals surface area contributed by atoms with E-state index in [-0.39, 0.29) is 12.0 Å². The van der Waals surface area contributed by atoms with Crippen LogP contribution in [0.5, 0.6) is 0 Å². The Hall–Kier alpha value is -2.88. The van der Waals surface area contributed by atoms with Gasteiger partial charge in [0, 0.05) is 51.0 Å². The number of ether oxygens (including phenoxy) is 1. The fraction of sp³-hybridized carbons (Fsp3) is 0.417. The van der Waals surface area contributed by atoms with E-state index in [1.165, 1.54) is 16.8 Å². The SMILES string of the molecule is CNC(=O)c1ccc2c(c1)CCO[C@H]2CCN1CCN(c2ccc(C#N)cc2)CC1. The van der Waals surface area contributed by atoms with Crippen LogP contribution in [-0.2, 0) is 11.2 Å². The fourth-order valence-corrected chi connectivity index (χ4v) is 4.34. The Balaban J connectivity index is 1.31. The van der Waals surface area contributed by atoms with Crippen molar-refractivity contribution in [2.75, 3.05) is 51.3 Å². The van der Waals surface area contributed by atoms with Gasteiger partial charge in [0.05, 0.1) is 24.3 Å². The van der Waals surface area contributed by atoms with Crippen LogP contribution in [0.25, 0.3) is 0 Å². The van der Waals surface area contributed by atoms with Gasteiger partial charge in [-0.3, -0.25) is 9.69 Å². The van der Waals surface area contributed by atoms with E-state index in [1.54, 1.807) is 7.05 Å². The molecule has 0 spiro atoms. The van der Waals surface area contributed by atoms with E-state index >= 15 is 0 Å². The standard InChI is InChI=1S/C24H28N4O2/c1-26-24(29)20-4-7-22-19(16-20)9-15-30-23(22)8-10-27-11-13-28(14-12-27)21-5-2-18(17-25)3-6-21/h2-7,16,23H,8-15H2,1H3,(H,26,29)/t23-/m0/s1. The van der Waals surface area contributed by atoms with Gasteiger partial charge in [-0.2, -0.15) is 5.26 Å². The van der Waals surface area contributed by atoms with Crippen LogP contribution in [0.3, 0.4) is 0 Å². The molecule has 156 valence electrons. The number of piperazine rings is 1. The number of rotatable bonds is 5. The highest BCUT2D eigenvalue weighted by atomic mass is 16.5. The van der Waals surface area contributed by atoms with Crippen molar-refractivity contribution in [2.24, 2.45) is 0 Å². The van der Waals surface area contributed by atoms with E-state index in [4.69, 9.17) is 10.00 Å². The van der Waals surface area contributed by atoms with Crippen molar-refractivity contribution in [3.05, 3.63) is 64.7 Å². The number of hydrogen-bond donors (Lipinski definition) is 1. The maximum absolute atomic E-state index is 11.9. The number of carbonyl (C=O) groups is 1. The molecule has 4 rings (SSSR count). The fourth-order valence-electron chi connectivity index (χ4n) is 4.34. The molecule has 0 bridgehead atoms. The molecule has 6 nitrogen and oxygen atoms in total. The summed E-state index contributed by atoms with van der Waals surface area (Å²) in [4.78, 5) is 16.8. The summed E-state index contributed by atoms with van der Waals surface area (Å²) in [6.45, 7) is 5.74. The van der Waals surface area contributed by atoms with E-state index in [9.17, 15) is 4.79 Å². The number of fused-ring (bicyclic) bond motifs is 1. The molecular formula is C24H28N4O2. The van der Waals surface area contributed by atoms with Gasteiger partial charge in [0.1, 0.15) is 0 Å². The van der Waals surface area contributed by atoms with Crippen molar-refractivity contribution in [2.45, 2.75) is 18.9 Å². The molecule has 1 fully saturated rings. The van der Waals surface area contributed by atoms with Gasteiger partial charge in [0.2, 0.25) is 0 Å². The highest BCUT2D eigenvalue weighted by Crippen LogP contribution is 2.31. The zero-order valence-electron chi connectivity index (χ0n) is 17.4. The van der Waals surface area contributed by atoms with Crippen molar-refractivity contribution in [1.29, 1.82) is 5.26 Å². The Morgan fingerprint density at radius 2 is 1.93 bits per heavy atom. The van der Waals surface area contributed by atoms with Gasteiger partial charge < -0.3 is 15.0 Å². The molecule has 1 N–H and O–H groups in total. The molecule has 2 aromatic rings. The van der Waals surface area contributed by atoms with Crippen molar-refractivity contribution in [3.8, 4) is 6.07 Å². The average molecular weight is 405 g/mol. The minimum atomic E-state index is -0.0408. The predicted octanol–water partition coefficient (Wildman–Crippen LogP) is 2.74. The quantitative estimate of drug-likeness (QED) is 0.830. The Morgan fingerprint density at radius 1 is 1.17 bits per heavy atom. The van der Waals surface area contributed by atoms with Crippen molar-refractivity contribution >= 4 is 11.6 Å². The first-order chi connectivity index (χ1) is 14.7. The molecule has 1 saturated heterocycles. The summed E-state index contributed by atoms with van der Waals surface area (Å²) in [5, 5.41) is 11.6. The van der Waals surface area contributed by atoms with Crippen molar-refractivity contribution in [3.63, 3.8) is 0 Å².